The van der Waals surface area contributed by atoms with E-state index in [1.165, 1.54) is 36.4 Å². The minimum absolute atomic E-state index is 0.0517. The molecule has 3 rings (SSSR count). The SMILES string of the molecule is O=C1CC(=Nc2ccccc2C(=O)O)C(=O)CC1=Nc1ccccc1C(=O)O. The summed E-state index contributed by atoms with van der Waals surface area (Å²) in [5, 5.41) is 18.4. The molecular weight excluding hydrogens is 364 g/mol. The molecule has 140 valence electrons. The van der Waals surface area contributed by atoms with Crippen LogP contribution in [0.15, 0.2) is 58.5 Å². The Balaban J connectivity index is 1.92. The van der Waals surface area contributed by atoms with E-state index in [-0.39, 0.29) is 46.8 Å². The summed E-state index contributed by atoms with van der Waals surface area (Å²) in [5.74, 6) is -3.32. The van der Waals surface area contributed by atoms with E-state index in [9.17, 15) is 29.4 Å². The highest BCUT2D eigenvalue weighted by Crippen LogP contribution is 2.23. The summed E-state index contributed by atoms with van der Waals surface area (Å²) in [7, 11) is 0. The van der Waals surface area contributed by atoms with Gasteiger partial charge in [-0.15, -0.1) is 0 Å². The average Bonchev–Trinajstić information content (AvgIpc) is 2.66. The van der Waals surface area contributed by atoms with Gasteiger partial charge in [0.25, 0.3) is 0 Å². The number of carbonyl (C=O) groups excluding carboxylic acids is 2. The third-order valence-corrected chi connectivity index (χ3v) is 4.08. The molecular formula is C20H14N2O6. The highest BCUT2D eigenvalue weighted by Gasteiger charge is 2.29. The molecule has 1 saturated carbocycles. The largest absolute Gasteiger partial charge is 0.478 e. The van der Waals surface area contributed by atoms with Crippen LogP contribution in [-0.2, 0) is 9.59 Å². The van der Waals surface area contributed by atoms with Crippen molar-refractivity contribution in [3.63, 3.8) is 0 Å². The predicted octanol–water partition coefficient (Wildman–Crippen LogP) is 2.86. The number of hydrogen-bond donors (Lipinski definition) is 2. The molecule has 1 aliphatic rings. The van der Waals surface area contributed by atoms with E-state index in [4.69, 9.17) is 0 Å². The van der Waals surface area contributed by atoms with Crippen LogP contribution in [0, 0.1) is 0 Å². The number of carbonyl (C=O) groups is 4. The van der Waals surface area contributed by atoms with Crippen LogP contribution in [0.5, 0.6) is 0 Å². The van der Waals surface area contributed by atoms with Crippen LogP contribution < -0.4 is 0 Å². The summed E-state index contributed by atoms with van der Waals surface area (Å²) >= 11 is 0. The lowest BCUT2D eigenvalue weighted by molar-refractivity contribution is -0.116. The van der Waals surface area contributed by atoms with Gasteiger partial charge in [-0.2, -0.15) is 0 Å². The molecule has 2 aromatic rings. The van der Waals surface area contributed by atoms with Crippen molar-refractivity contribution in [1.29, 1.82) is 0 Å². The second-order valence-electron chi connectivity index (χ2n) is 5.96. The van der Waals surface area contributed by atoms with Gasteiger partial charge >= 0.3 is 11.9 Å². The first-order valence-electron chi connectivity index (χ1n) is 8.23. The first-order valence-corrected chi connectivity index (χ1v) is 8.23. The predicted molar refractivity (Wildman–Crippen MR) is 100 cm³/mol. The summed E-state index contributed by atoms with van der Waals surface area (Å²) in [6.07, 6.45) is -0.665. The summed E-state index contributed by atoms with van der Waals surface area (Å²) < 4.78 is 0. The number of carboxylic acid groups (broad SMARTS) is 2. The van der Waals surface area contributed by atoms with Gasteiger partial charge in [0.15, 0.2) is 11.6 Å². The zero-order chi connectivity index (χ0) is 20.3. The molecule has 2 N–H and O–H groups in total. The zero-order valence-electron chi connectivity index (χ0n) is 14.5. The molecule has 1 aliphatic carbocycles. The number of Topliss-reactive ketones (excluding diaryl/α,β-unsaturated/α-hetero) is 2. The fraction of sp³-hybridized carbons (Fsp3) is 0.100. The van der Waals surface area contributed by atoms with Crippen molar-refractivity contribution in [2.45, 2.75) is 12.8 Å². The van der Waals surface area contributed by atoms with Crippen molar-refractivity contribution >= 4 is 46.3 Å². The fourth-order valence-electron chi connectivity index (χ4n) is 2.70. The molecule has 0 bridgehead atoms. The molecule has 0 saturated heterocycles. The number of rotatable bonds is 4. The maximum absolute atomic E-state index is 12.4. The minimum atomic E-state index is -1.19. The van der Waals surface area contributed by atoms with Crippen LogP contribution in [0.4, 0.5) is 11.4 Å². The Bertz CT molecular complexity index is 982. The lowest BCUT2D eigenvalue weighted by Crippen LogP contribution is -2.33. The minimum Gasteiger partial charge on any atom is -0.478 e. The van der Waals surface area contributed by atoms with E-state index in [1.807, 2.05) is 0 Å². The molecule has 28 heavy (non-hydrogen) atoms. The van der Waals surface area contributed by atoms with Crippen molar-refractivity contribution in [2.75, 3.05) is 0 Å². The van der Waals surface area contributed by atoms with E-state index in [2.05, 4.69) is 9.98 Å². The maximum Gasteiger partial charge on any atom is 0.337 e. The Hall–Kier alpha value is -3.94. The van der Waals surface area contributed by atoms with Gasteiger partial charge in [-0.25, -0.2) is 19.6 Å². The third kappa shape index (κ3) is 3.90. The molecule has 8 heteroatoms. The molecule has 0 unspecified atom stereocenters. The van der Waals surface area contributed by atoms with Crippen LogP contribution in [0.1, 0.15) is 33.6 Å². The standard InChI is InChI=1S/C20H14N2O6/c23-17-10-16(22-14-8-4-2-6-12(14)20(27)28)18(24)9-15(17)21-13-7-3-1-5-11(13)19(25)26/h1-8H,9-10H2,(H,25,26)(H,27,28). The first-order chi connectivity index (χ1) is 13.4. The highest BCUT2D eigenvalue weighted by molar-refractivity contribution is 6.61. The zero-order valence-corrected chi connectivity index (χ0v) is 14.5. The Labute approximate surface area is 158 Å². The van der Waals surface area contributed by atoms with E-state index in [0.29, 0.717) is 0 Å². The molecule has 0 aromatic heterocycles. The quantitative estimate of drug-likeness (QED) is 0.840. The molecule has 1 fully saturated rings. The number of ketones is 2. The fourth-order valence-corrected chi connectivity index (χ4v) is 2.70. The van der Waals surface area contributed by atoms with Gasteiger partial charge in [-0.1, -0.05) is 24.3 Å². The van der Waals surface area contributed by atoms with Crippen LogP contribution in [-0.4, -0.2) is 45.1 Å². The average molecular weight is 378 g/mol. The molecule has 0 atom stereocenters. The smallest absolute Gasteiger partial charge is 0.337 e. The van der Waals surface area contributed by atoms with Crippen LogP contribution >= 0.6 is 0 Å². The van der Waals surface area contributed by atoms with Crippen molar-refractivity contribution in [3.8, 4) is 0 Å². The van der Waals surface area contributed by atoms with Crippen molar-refractivity contribution < 1.29 is 29.4 Å². The maximum atomic E-state index is 12.4. The molecule has 8 nitrogen and oxygen atoms in total. The third-order valence-electron chi connectivity index (χ3n) is 4.08. The Morgan fingerprint density at radius 3 is 1.39 bits per heavy atom. The monoisotopic (exact) mass is 378 g/mol. The summed E-state index contributed by atoms with van der Waals surface area (Å²) in [6, 6.07) is 11.8. The highest BCUT2D eigenvalue weighted by atomic mass is 16.4. The van der Waals surface area contributed by atoms with Crippen molar-refractivity contribution in [2.24, 2.45) is 9.98 Å². The number of aromatic carboxylic acids is 2. The van der Waals surface area contributed by atoms with Gasteiger partial charge in [0.2, 0.25) is 0 Å². The van der Waals surface area contributed by atoms with E-state index in [0.717, 1.165) is 0 Å². The van der Waals surface area contributed by atoms with E-state index < -0.39 is 23.5 Å². The lowest BCUT2D eigenvalue weighted by atomic mass is 9.93. The second-order valence-corrected chi connectivity index (χ2v) is 5.96. The van der Waals surface area contributed by atoms with Crippen LogP contribution in [0.25, 0.3) is 0 Å². The lowest BCUT2D eigenvalue weighted by Gasteiger charge is -2.14. The summed E-state index contributed by atoms with van der Waals surface area (Å²) in [4.78, 5) is 55.5. The van der Waals surface area contributed by atoms with Gasteiger partial charge < -0.3 is 10.2 Å². The number of hydrogen-bond acceptors (Lipinski definition) is 6. The van der Waals surface area contributed by atoms with Gasteiger partial charge in [-0.05, 0) is 24.3 Å². The Kier molecular flexibility index (Phi) is 5.21. The summed E-state index contributed by atoms with van der Waals surface area (Å²) in [5.41, 5.74) is -0.0888. The Morgan fingerprint density at radius 2 is 1.04 bits per heavy atom. The summed E-state index contributed by atoms with van der Waals surface area (Å²) in [6.45, 7) is 0. The van der Waals surface area contributed by atoms with Gasteiger partial charge in [0, 0.05) is 0 Å². The van der Waals surface area contributed by atoms with E-state index >= 15 is 0 Å². The number of benzene rings is 2. The molecule has 0 amide bonds. The number of para-hydroxylation sites is 2. The molecule has 0 radical (unpaired) electrons. The van der Waals surface area contributed by atoms with Crippen molar-refractivity contribution in [3.05, 3.63) is 59.7 Å². The van der Waals surface area contributed by atoms with Crippen LogP contribution in [0.3, 0.4) is 0 Å². The van der Waals surface area contributed by atoms with Gasteiger partial charge in [-0.3, -0.25) is 9.59 Å². The van der Waals surface area contributed by atoms with Gasteiger partial charge in [0.1, 0.15) is 0 Å². The van der Waals surface area contributed by atoms with Gasteiger partial charge in [0.05, 0.1) is 46.8 Å². The second kappa shape index (κ2) is 7.75. The number of nitrogens with zero attached hydrogens (tertiary/aromatic N) is 2. The normalized spacial score (nSPS) is 17.1. The Morgan fingerprint density at radius 1 is 0.679 bits per heavy atom. The first kappa shape index (κ1) is 18.8. The molecule has 0 spiro atoms. The van der Waals surface area contributed by atoms with E-state index in [1.54, 1.807) is 12.1 Å². The molecule has 0 aliphatic heterocycles. The number of aliphatic imine (C=N–C) groups is 2. The van der Waals surface area contributed by atoms with Crippen molar-refractivity contribution in [1.82, 2.24) is 0 Å². The molecule has 2 aromatic carbocycles. The van der Waals surface area contributed by atoms with Crippen LogP contribution in [0.2, 0.25) is 0 Å². The topological polar surface area (TPSA) is 133 Å². The number of carboxylic acids is 2. The molecule has 0 heterocycles.